The molecule has 2 N–H and O–H groups in total. The number of para-hydroxylation sites is 1. The number of hydrogen-bond acceptors (Lipinski definition) is 6. The van der Waals surface area contributed by atoms with Gasteiger partial charge in [-0.2, -0.15) is 0 Å². The minimum absolute atomic E-state index is 0.0249. The van der Waals surface area contributed by atoms with Crippen LogP contribution in [0.2, 0.25) is 5.02 Å². The summed E-state index contributed by atoms with van der Waals surface area (Å²) in [6.07, 6.45) is 9.13. The zero-order chi connectivity index (χ0) is 28.1. The summed E-state index contributed by atoms with van der Waals surface area (Å²) in [6.45, 7) is 3.51. The molecule has 1 fully saturated rings. The molecule has 2 aromatic carbocycles. The summed E-state index contributed by atoms with van der Waals surface area (Å²) in [4.78, 5) is 31.3. The van der Waals surface area contributed by atoms with Crippen molar-refractivity contribution in [3.05, 3.63) is 83.7 Å². The molecule has 0 aliphatic carbocycles. The van der Waals surface area contributed by atoms with Crippen molar-refractivity contribution in [2.75, 3.05) is 51.0 Å². The van der Waals surface area contributed by atoms with Crippen LogP contribution in [-0.4, -0.2) is 77.5 Å². The van der Waals surface area contributed by atoms with Crippen LogP contribution < -0.4 is 10.2 Å². The first kappa shape index (κ1) is 27.8. The Morgan fingerprint density at radius 2 is 1.95 bits per heavy atom. The number of likely N-dealkylation sites (tertiary alicyclic amines) is 1. The van der Waals surface area contributed by atoms with Crippen molar-refractivity contribution >= 4 is 40.0 Å². The Bertz CT molecular complexity index is 1490. The number of carbonyl (C=O) groups excluding carboxylic acids is 1. The van der Waals surface area contributed by atoms with E-state index in [9.17, 15) is 4.79 Å². The van der Waals surface area contributed by atoms with Crippen molar-refractivity contribution < 1.29 is 4.79 Å². The number of fused-ring (bicyclic) bond motifs is 1. The monoisotopic (exact) mass is 557 g/mol. The zero-order valence-corrected chi connectivity index (χ0v) is 24.0. The van der Waals surface area contributed by atoms with E-state index < -0.39 is 0 Å². The number of anilines is 2. The van der Waals surface area contributed by atoms with Crippen molar-refractivity contribution in [1.82, 2.24) is 24.8 Å². The fourth-order valence-corrected chi connectivity index (χ4v) is 5.23. The summed E-state index contributed by atoms with van der Waals surface area (Å²) in [6, 6.07) is 16.7. The zero-order valence-electron chi connectivity index (χ0n) is 23.3. The van der Waals surface area contributed by atoms with Gasteiger partial charge in [0.1, 0.15) is 0 Å². The van der Waals surface area contributed by atoms with Crippen LogP contribution in [0, 0.1) is 0 Å². The summed E-state index contributed by atoms with van der Waals surface area (Å²) in [5, 5.41) is 5.15. The van der Waals surface area contributed by atoms with Crippen LogP contribution >= 0.6 is 11.6 Å². The summed E-state index contributed by atoms with van der Waals surface area (Å²) < 4.78 is 0. The van der Waals surface area contributed by atoms with E-state index in [-0.39, 0.29) is 11.9 Å². The SMILES string of the molecule is CN(C)CC=CC(=O)N(C)c1cccc(CN2CCC(Nc3ncc(Cl)c(-c4c[nH]c5ccccc45)n3)CC2)c1. The molecule has 9 heteroatoms. The van der Waals surface area contributed by atoms with Gasteiger partial charge in [0.05, 0.1) is 16.9 Å². The standard InChI is InChI=1S/C31H36ClN7O/c1-37(2)15-7-12-29(40)38(3)24-9-6-8-22(18-24)21-39-16-13-23(14-17-39)35-31-34-20-27(32)30(36-31)26-19-33-28-11-5-4-10-25(26)28/h4-12,18-20,23,33H,13-17,21H2,1-3H3,(H,34,35,36). The maximum absolute atomic E-state index is 12.6. The number of amides is 1. The Morgan fingerprint density at radius 3 is 2.75 bits per heavy atom. The van der Waals surface area contributed by atoms with Crippen LogP contribution in [0.3, 0.4) is 0 Å². The molecule has 3 heterocycles. The molecule has 0 spiro atoms. The highest BCUT2D eigenvalue weighted by molar-refractivity contribution is 6.33. The maximum Gasteiger partial charge on any atom is 0.250 e. The second-order valence-corrected chi connectivity index (χ2v) is 11.0. The number of nitrogens with one attached hydrogen (secondary N) is 2. The molecular weight excluding hydrogens is 522 g/mol. The number of aromatic amines is 1. The Morgan fingerprint density at radius 1 is 1.15 bits per heavy atom. The fraction of sp³-hybridized carbons (Fsp3) is 0.323. The van der Waals surface area contributed by atoms with Crippen LogP contribution in [0.15, 0.2) is 73.1 Å². The topological polar surface area (TPSA) is 80.4 Å². The third-order valence-electron chi connectivity index (χ3n) is 7.27. The lowest BCUT2D eigenvalue weighted by atomic mass is 10.0. The predicted octanol–water partition coefficient (Wildman–Crippen LogP) is 5.44. The normalized spacial score (nSPS) is 14.8. The van der Waals surface area contributed by atoms with E-state index in [4.69, 9.17) is 16.6 Å². The molecular formula is C31H36ClN7O. The summed E-state index contributed by atoms with van der Waals surface area (Å²) in [5.74, 6) is 0.575. The van der Waals surface area contributed by atoms with E-state index in [1.54, 1.807) is 17.2 Å². The van der Waals surface area contributed by atoms with Gasteiger partial charge < -0.3 is 20.1 Å². The third-order valence-corrected chi connectivity index (χ3v) is 7.55. The Kier molecular flexibility index (Phi) is 8.79. The van der Waals surface area contributed by atoms with E-state index in [2.05, 4.69) is 38.4 Å². The highest BCUT2D eigenvalue weighted by Gasteiger charge is 2.21. The predicted molar refractivity (Wildman–Crippen MR) is 164 cm³/mol. The molecule has 0 radical (unpaired) electrons. The maximum atomic E-state index is 12.6. The lowest BCUT2D eigenvalue weighted by molar-refractivity contribution is -0.113. The lowest BCUT2D eigenvalue weighted by Gasteiger charge is -2.32. The van der Waals surface area contributed by atoms with Crippen molar-refractivity contribution in [3.8, 4) is 11.3 Å². The number of aromatic nitrogens is 3. The second kappa shape index (κ2) is 12.6. The minimum Gasteiger partial charge on any atom is -0.360 e. The molecule has 1 saturated heterocycles. The van der Waals surface area contributed by atoms with Gasteiger partial charge >= 0.3 is 0 Å². The Hall–Kier alpha value is -3.72. The summed E-state index contributed by atoms with van der Waals surface area (Å²) >= 11 is 6.51. The Labute approximate surface area is 240 Å². The molecule has 0 saturated carbocycles. The number of piperidine rings is 1. The molecule has 8 nitrogen and oxygen atoms in total. The summed E-state index contributed by atoms with van der Waals surface area (Å²) in [7, 11) is 5.78. The molecule has 2 aromatic heterocycles. The first-order valence-corrected chi connectivity index (χ1v) is 14.0. The van der Waals surface area contributed by atoms with E-state index in [1.165, 1.54) is 5.56 Å². The van der Waals surface area contributed by atoms with Crippen molar-refractivity contribution in [2.24, 2.45) is 0 Å². The highest BCUT2D eigenvalue weighted by atomic mass is 35.5. The van der Waals surface area contributed by atoms with Gasteiger partial charge in [-0.05, 0) is 50.7 Å². The Balaban J connectivity index is 1.17. The number of likely N-dealkylation sites (N-methyl/N-ethyl adjacent to an activating group) is 2. The van der Waals surface area contributed by atoms with Crippen molar-refractivity contribution in [1.29, 1.82) is 0 Å². The van der Waals surface area contributed by atoms with Crippen LogP contribution in [0.1, 0.15) is 18.4 Å². The highest BCUT2D eigenvalue weighted by Crippen LogP contribution is 2.32. The smallest absolute Gasteiger partial charge is 0.250 e. The summed E-state index contributed by atoms with van der Waals surface area (Å²) in [5.41, 5.74) is 4.85. The molecule has 0 bridgehead atoms. The van der Waals surface area contributed by atoms with Crippen molar-refractivity contribution in [3.63, 3.8) is 0 Å². The second-order valence-electron chi connectivity index (χ2n) is 10.6. The van der Waals surface area contributed by atoms with Gasteiger partial charge in [0, 0.05) is 73.7 Å². The molecule has 1 aliphatic rings. The third kappa shape index (κ3) is 6.70. The first-order chi connectivity index (χ1) is 19.4. The van der Waals surface area contributed by atoms with Gasteiger partial charge in [-0.25, -0.2) is 9.97 Å². The van der Waals surface area contributed by atoms with Gasteiger partial charge in [-0.15, -0.1) is 0 Å². The molecule has 1 amide bonds. The van der Waals surface area contributed by atoms with Gasteiger partial charge in [-0.1, -0.05) is 48.0 Å². The minimum atomic E-state index is -0.0249. The van der Waals surface area contributed by atoms with Crippen LogP contribution in [0.5, 0.6) is 0 Å². The number of rotatable bonds is 9. The number of halogens is 1. The number of carbonyl (C=O) groups is 1. The fourth-order valence-electron chi connectivity index (χ4n) is 5.04. The molecule has 208 valence electrons. The number of nitrogens with zero attached hydrogens (tertiary/aromatic N) is 5. The van der Waals surface area contributed by atoms with E-state index in [0.29, 0.717) is 11.0 Å². The molecule has 1 aliphatic heterocycles. The van der Waals surface area contributed by atoms with E-state index in [1.807, 2.05) is 68.6 Å². The molecule has 5 rings (SSSR count). The average molecular weight is 558 g/mol. The van der Waals surface area contributed by atoms with Crippen LogP contribution in [0.25, 0.3) is 22.2 Å². The number of hydrogen-bond donors (Lipinski definition) is 2. The first-order valence-electron chi connectivity index (χ1n) is 13.6. The largest absolute Gasteiger partial charge is 0.360 e. The number of benzene rings is 2. The van der Waals surface area contributed by atoms with Gasteiger partial charge in [0.25, 0.3) is 0 Å². The molecule has 4 aromatic rings. The lowest BCUT2D eigenvalue weighted by Crippen LogP contribution is -2.39. The van der Waals surface area contributed by atoms with Gasteiger partial charge in [-0.3, -0.25) is 9.69 Å². The van der Waals surface area contributed by atoms with E-state index >= 15 is 0 Å². The molecule has 0 unspecified atom stereocenters. The molecule has 0 atom stereocenters. The van der Waals surface area contributed by atoms with Crippen LogP contribution in [-0.2, 0) is 11.3 Å². The molecule has 40 heavy (non-hydrogen) atoms. The van der Waals surface area contributed by atoms with Crippen LogP contribution in [0.4, 0.5) is 11.6 Å². The quantitative estimate of drug-likeness (QED) is 0.267. The van der Waals surface area contributed by atoms with Gasteiger partial charge in [0.2, 0.25) is 11.9 Å². The van der Waals surface area contributed by atoms with E-state index in [0.717, 1.165) is 66.9 Å². The number of H-pyrrole nitrogens is 1. The van der Waals surface area contributed by atoms with Gasteiger partial charge in [0.15, 0.2) is 0 Å². The average Bonchev–Trinajstić information content (AvgIpc) is 3.38. The van der Waals surface area contributed by atoms with Crippen molar-refractivity contribution in [2.45, 2.75) is 25.4 Å².